The van der Waals surface area contributed by atoms with Gasteiger partial charge in [-0.1, -0.05) is 66.2 Å². The Labute approximate surface area is 237 Å². The van der Waals surface area contributed by atoms with Crippen LogP contribution in [0.15, 0.2) is 72.8 Å². The van der Waals surface area contributed by atoms with Gasteiger partial charge in [-0.15, -0.1) is 0 Å². The molecule has 0 aliphatic rings. The van der Waals surface area contributed by atoms with Crippen molar-refractivity contribution in [2.75, 3.05) is 6.54 Å². The lowest BCUT2D eigenvalue weighted by atomic mass is 10.0. The number of hydrogen-bond acceptors (Lipinski definition) is 5. The van der Waals surface area contributed by atoms with E-state index >= 15 is 0 Å². The number of carbonyl (C=O) groups excluding carboxylic acids is 1. The minimum absolute atomic E-state index is 0.0179. The molecule has 1 aromatic heterocycles. The third-order valence-corrected chi connectivity index (χ3v) is 6.53. The summed E-state index contributed by atoms with van der Waals surface area (Å²) in [6.45, 7) is -0.860. The molecule has 12 heteroatoms. The largest absolute Gasteiger partial charge is 0.479 e. The maximum Gasteiger partial charge on any atom is 0.354 e. The van der Waals surface area contributed by atoms with Crippen molar-refractivity contribution in [3.63, 3.8) is 0 Å². The molecule has 1 heterocycles. The summed E-state index contributed by atoms with van der Waals surface area (Å²) in [6.07, 6.45) is -2.05. The number of carbonyl (C=O) groups is 3. The summed E-state index contributed by atoms with van der Waals surface area (Å²) < 4.78 is 29.5. The van der Waals surface area contributed by atoms with E-state index in [1.165, 1.54) is 4.90 Å². The third kappa shape index (κ3) is 7.13. The molecule has 0 spiro atoms. The Hall–Kier alpha value is -4.61. The number of aromatic nitrogens is 2. The molecular weight excluding hydrogens is 560 g/mol. The summed E-state index contributed by atoms with van der Waals surface area (Å²) in [5.41, 5.74) is 1.24. The summed E-state index contributed by atoms with van der Waals surface area (Å²) in [5, 5.41) is 32.4. The lowest BCUT2D eigenvalue weighted by Crippen LogP contribution is -2.35. The van der Waals surface area contributed by atoms with E-state index in [-0.39, 0.29) is 30.2 Å². The van der Waals surface area contributed by atoms with Crippen LogP contribution in [0, 0.1) is 11.6 Å². The molecule has 0 bridgehead atoms. The van der Waals surface area contributed by atoms with E-state index in [0.29, 0.717) is 5.56 Å². The standard InChI is InChI=1S/C29H24ClF2N3O6/c30-20-12-22(31)21(23(32)13-20)16-35-25(28(38)39)14-24(33-35)27(37)34(11-10-26(36)29(40)41)15-17-6-8-19(9-7-17)18-4-2-1-3-5-18/h1-9,12-14,26,36H,10-11,15-16H2,(H,38,39)(H,40,41). The van der Waals surface area contributed by atoms with Gasteiger partial charge in [-0.3, -0.25) is 9.48 Å². The Morgan fingerprint density at radius 1 is 0.927 bits per heavy atom. The molecule has 3 aromatic carbocycles. The van der Waals surface area contributed by atoms with Crippen LogP contribution in [0.1, 0.15) is 38.5 Å². The zero-order valence-electron chi connectivity index (χ0n) is 21.4. The number of carboxylic acid groups (broad SMARTS) is 2. The Bertz CT molecular complexity index is 1550. The molecule has 3 N–H and O–H groups in total. The normalized spacial score (nSPS) is 11.7. The van der Waals surface area contributed by atoms with Crippen molar-refractivity contribution in [3.05, 3.63) is 112 Å². The van der Waals surface area contributed by atoms with Gasteiger partial charge in [-0.25, -0.2) is 18.4 Å². The Kier molecular flexibility index (Phi) is 9.10. The van der Waals surface area contributed by atoms with Crippen LogP contribution in [0.25, 0.3) is 11.1 Å². The van der Waals surface area contributed by atoms with Crippen molar-refractivity contribution in [1.29, 1.82) is 0 Å². The van der Waals surface area contributed by atoms with Gasteiger partial charge in [-0.2, -0.15) is 5.10 Å². The van der Waals surface area contributed by atoms with Crippen LogP contribution in [-0.2, 0) is 17.9 Å². The summed E-state index contributed by atoms with van der Waals surface area (Å²) in [5.74, 6) is -5.76. The third-order valence-electron chi connectivity index (χ3n) is 6.31. The van der Waals surface area contributed by atoms with E-state index in [9.17, 15) is 33.4 Å². The Morgan fingerprint density at radius 3 is 2.12 bits per heavy atom. The van der Waals surface area contributed by atoms with Gasteiger partial charge in [0.15, 0.2) is 11.8 Å². The molecular formula is C29H24ClF2N3O6. The maximum absolute atomic E-state index is 14.4. The molecule has 9 nitrogen and oxygen atoms in total. The number of hydrogen-bond donors (Lipinski definition) is 3. The number of aromatic carboxylic acids is 1. The molecule has 1 unspecified atom stereocenters. The number of aliphatic hydroxyl groups is 1. The van der Waals surface area contributed by atoms with Gasteiger partial charge in [0.25, 0.3) is 5.91 Å². The smallest absolute Gasteiger partial charge is 0.354 e. The first kappa shape index (κ1) is 29.4. The molecule has 212 valence electrons. The fraction of sp³-hybridized carbons (Fsp3) is 0.172. The van der Waals surface area contributed by atoms with Gasteiger partial charge in [0, 0.05) is 36.2 Å². The molecule has 1 atom stereocenters. The van der Waals surface area contributed by atoms with Gasteiger partial charge in [0.1, 0.15) is 17.3 Å². The van der Waals surface area contributed by atoms with Gasteiger partial charge >= 0.3 is 11.9 Å². The number of aliphatic carboxylic acids is 1. The highest BCUT2D eigenvalue weighted by Crippen LogP contribution is 2.23. The van der Waals surface area contributed by atoms with E-state index in [1.807, 2.05) is 42.5 Å². The number of nitrogens with zero attached hydrogens (tertiary/aromatic N) is 3. The van der Waals surface area contributed by atoms with Crippen LogP contribution >= 0.6 is 11.6 Å². The monoisotopic (exact) mass is 583 g/mol. The Morgan fingerprint density at radius 2 is 1.54 bits per heavy atom. The lowest BCUT2D eigenvalue weighted by Gasteiger charge is -2.23. The molecule has 0 saturated heterocycles. The fourth-order valence-corrected chi connectivity index (χ4v) is 4.35. The zero-order chi connectivity index (χ0) is 29.7. The van der Waals surface area contributed by atoms with Crippen molar-refractivity contribution in [2.24, 2.45) is 0 Å². The molecule has 41 heavy (non-hydrogen) atoms. The second-order valence-corrected chi connectivity index (χ2v) is 9.59. The molecule has 0 aliphatic carbocycles. The van der Waals surface area contributed by atoms with Crippen molar-refractivity contribution in [3.8, 4) is 11.1 Å². The topological polar surface area (TPSA) is 133 Å². The number of rotatable bonds is 11. The highest BCUT2D eigenvalue weighted by atomic mass is 35.5. The number of amides is 1. The molecule has 0 aliphatic heterocycles. The number of carboxylic acids is 2. The minimum Gasteiger partial charge on any atom is -0.479 e. The summed E-state index contributed by atoms with van der Waals surface area (Å²) in [7, 11) is 0. The minimum atomic E-state index is -1.74. The van der Waals surface area contributed by atoms with Gasteiger partial charge in [0.2, 0.25) is 0 Å². The molecule has 1 amide bonds. The van der Waals surface area contributed by atoms with E-state index < -0.39 is 53.4 Å². The quantitative estimate of drug-likeness (QED) is 0.233. The lowest BCUT2D eigenvalue weighted by molar-refractivity contribution is -0.147. The van der Waals surface area contributed by atoms with Gasteiger partial charge in [0.05, 0.1) is 6.54 Å². The first-order valence-corrected chi connectivity index (χ1v) is 12.7. The molecule has 4 aromatic rings. The number of aliphatic hydroxyl groups excluding tert-OH is 1. The highest BCUT2D eigenvalue weighted by molar-refractivity contribution is 6.30. The average molecular weight is 584 g/mol. The number of halogens is 3. The first-order chi connectivity index (χ1) is 19.5. The van der Waals surface area contributed by atoms with Crippen molar-refractivity contribution in [2.45, 2.75) is 25.6 Å². The van der Waals surface area contributed by atoms with E-state index in [1.54, 1.807) is 12.1 Å². The van der Waals surface area contributed by atoms with Gasteiger partial charge < -0.3 is 20.2 Å². The SMILES string of the molecule is O=C(O)c1cc(C(=O)N(CCC(O)C(=O)O)Cc2ccc(-c3ccccc3)cc2)nn1Cc1c(F)cc(Cl)cc1F. The summed E-state index contributed by atoms with van der Waals surface area (Å²) in [4.78, 5) is 37.7. The Balaban J connectivity index is 1.62. The average Bonchev–Trinajstić information content (AvgIpc) is 3.37. The highest BCUT2D eigenvalue weighted by Gasteiger charge is 2.26. The number of benzene rings is 3. The fourth-order valence-electron chi connectivity index (χ4n) is 4.16. The van der Waals surface area contributed by atoms with Crippen molar-refractivity contribution < 1.29 is 38.5 Å². The van der Waals surface area contributed by atoms with Crippen LogP contribution in [-0.4, -0.2) is 60.5 Å². The van der Waals surface area contributed by atoms with Gasteiger partial charge in [-0.05, 0) is 28.8 Å². The molecule has 0 radical (unpaired) electrons. The van der Waals surface area contributed by atoms with E-state index in [4.69, 9.17) is 16.7 Å². The van der Waals surface area contributed by atoms with Crippen LogP contribution in [0.2, 0.25) is 5.02 Å². The maximum atomic E-state index is 14.4. The van der Waals surface area contributed by atoms with Crippen LogP contribution in [0.3, 0.4) is 0 Å². The van der Waals surface area contributed by atoms with Crippen LogP contribution < -0.4 is 0 Å². The molecule has 0 saturated carbocycles. The predicted molar refractivity (Wildman–Crippen MR) is 145 cm³/mol. The van der Waals surface area contributed by atoms with Crippen molar-refractivity contribution in [1.82, 2.24) is 14.7 Å². The summed E-state index contributed by atoms with van der Waals surface area (Å²) >= 11 is 5.66. The zero-order valence-corrected chi connectivity index (χ0v) is 22.1. The molecule has 4 rings (SSSR count). The van der Waals surface area contributed by atoms with E-state index in [2.05, 4.69) is 5.10 Å². The second-order valence-electron chi connectivity index (χ2n) is 9.16. The molecule has 0 fully saturated rings. The van der Waals surface area contributed by atoms with Crippen LogP contribution in [0.5, 0.6) is 0 Å². The second kappa shape index (κ2) is 12.7. The van der Waals surface area contributed by atoms with Crippen molar-refractivity contribution >= 4 is 29.4 Å². The van der Waals surface area contributed by atoms with Crippen LogP contribution in [0.4, 0.5) is 8.78 Å². The van der Waals surface area contributed by atoms with E-state index in [0.717, 1.165) is 34.0 Å². The summed E-state index contributed by atoms with van der Waals surface area (Å²) in [6, 6.07) is 19.6. The first-order valence-electron chi connectivity index (χ1n) is 12.3. The predicted octanol–water partition coefficient (Wildman–Crippen LogP) is 4.71.